The highest BCUT2D eigenvalue weighted by atomic mass is 79.9. The van der Waals surface area contributed by atoms with Gasteiger partial charge in [0, 0.05) is 11.0 Å². The Kier molecular flexibility index (Phi) is 8.63. The van der Waals surface area contributed by atoms with Crippen molar-refractivity contribution in [2.75, 3.05) is 18.6 Å². The molecule has 0 spiro atoms. The molecule has 18 heavy (non-hydrogen) atoms. The molecule has 1 aromatic rings. The summed E-state index contributed by atoms with van der Waals surface area (Å²) in [5, 5.41) is 2.96. The minimum atomic E-state index is 0.0236. The third-order valence-corrected chi connectivity index (χ3v) is 6.38. The van der Waals surface area contributed by atoms with E-state index in [1.807, 2.05) is 17.8 Å². The number of hydrogen-bond donors (Lipinski definition) is 1. The van der Waals surface area contributed by atoms with Crippen LogP contribution in [0, 0.1) is 0 Å². The molecule has 0 aromatic carbocycles. The van der Waals surface area contributed by atoms with Crippen LogP contribution >= 0.6 is 55.0 Å². The second-order valence-electron chi connectivity index (χ2n) is 3.90. The first-order valence-corrected chi connectivity index (χ1v) is 9.66. The van der Waals surface area contributed by atoms with Crippen molar-refractivity contribution in [3.8, 4) is 0 Å². The maximum atomic E-state index is 11.8. The Morgan fingerprint density at radius 1 is 1.33 bits per heavy atom. The van der Waals surface area contributed by atoms with Crippen molar-refractivity contribution in [2.45, 2.75) is 25.7 Å². The van der Waals surface area contributed by atoms with Gasteiger partial charge in [-0.25, -0.2) is 0 Å². The number of carbonyl (C=O) groups excluding carboxylic acids is 1. The lowest BCUT2D eigenvalue weighted by molar-refractivity contribution is 0.0957. The van der Waals surface area contributed by atoms with Gasteiger partial charge in [0.1, 0.15) is 0 Å². The summed E-state index contributed by atoms with van der Waals surface area (Å²) in [6.45, 7) is 0.769. The molecule has 2 nitrogen and oxygen atoms in total. The SMILES string of the molecule is CSCCCCCCNC(=O)c1cc(Br)c(Br)s1. The van der Waals surface area contributed by atoms with Crippen molar-refractivity contribution < 1.29 is 4.79 Å². The molecule has 0 fully saturated rings. The van der Waals surface area contributed by atoms with Crippen molar-refractivity contribution >= 4 is 60.9 Å². The van der Waals surface area contributed by atoms with Gasteiger partial charge in [0.15, 0.2) is 0 Å². The number of amides is 1. The Labute approximate surface area is 134 Å². The van der Waals surface area contributed by atoms with Crippen LogP contribution in [-0.4, -0.2) is 24.5 Å². The first-order chi connectivity index (χ1) is 8.65. The van der Waals surface area contributed by atoms with Gasteiger partial charge in [-0.05, 0) is 62.8 Å². The maximum Gasteiger partial charge on any atom is 0.261 e. The Morgan fingerprint density at radius 3 is 2.67 bits per heavy atom. The van der Waals surface area contributed by atoms with E-state index in [1.165, 1.54) is 36.4 Å². The highest BCUT2D eigenvalue weighted by Gasteiger charge is 2.10. The minimum absolute atomic E-state index is 0.0236. The van der Waals surface area contributed by atoms with Gasteiger partial charge in [-0.15, -0.1) is 11.3 Å². The molecular formula is C12H17Br2NOS2. The van der Waals surface area contributed by atoms with Crippen LogP contribution in [0.2, 0.25) is 0 Å². The number of hydrogen-bond acceptors (Lipinski definition) is 3. The Bertz CT molecular complexity index is 363. The monoisotopic (exact) mass is 413 g/mol. The van der Waals surface area contributed by atoms with Crippen molar-refractivity contribution in [1.82, 2.24) is 5.32 Å². The van der Waals surface area contributed by atoms with Crippen LogP contribution in [0.4, 0.5) is 0 Å². The zero-order valence-corrected chi connectivity index (χ0v) is 15.1. The lowest BCUT2D eigenvalue weighted by atomic mass is 10.2. The van der Waals surface area contributed by atoms with E-state index in [2.05, 4.69) is 43.4 Å². The Balaban J connectivity index is 2.14. The number of halogens is 2. The smallest absolute Gasteiger partial charge is 0.261 e. The van der Waals surface area contributed by atoms with Crippen LogP contribution in [0.3, 0.4) is 0 Å². The van der Waals surface area contributed by atoms with E-state index >= 15 is 0 Å². The van der Waals surface area contributed by atoms with Gasteiger partial charge in [-0.3, -0.25) is 4.79 Å². The lowest BCUT2D eigenvalue weighted by Gasteiger charge is -2.03. The highest BCUT2D eigenvalue weighted by molar-refractivity contribution is 9.13. The molecule has 102 valence electrons. The summed E-state index contributed by atoms with van der Waals surface area (Å²) in [5.41, 5.74) is 0. The molecule has 1 amide bonds. The lowest BCUT2D eigenvalue weighted by Crippen LogP contribution is -2.23. The molecule has 1 heterocycles. The van der Waals surface area contributed by atoms with Crippen LogP contribution < -0.4 is 5.32 Å². The van der Waals surface area contributed by atoms with Gasteiger partial charge < -0.3 is 5.32 Å². The highest BCUT2D eigenvalue weighted by Crippen LogP contribution is 2.32. The molecule has 6 heteroatoms. The molecule has 0 unspecified atom stereocenters. The van der Waals surface area contributed by atoms with Crippen LogP contribution in [0.1, 0.15) is 35.4 Å². The number of rotatable bonds is 8. The van der Waals surface area contributed by atoms with E-state index in [9.17, 15) is 4.79 Å². The van der Waals surface area contributed by atoms with Crippen LogP contribution in [0.5, 0.6) is 0 Å². The molecule has 0 aliphatic carbocycles. The van der Waals surface area contributed by atoms with Gasteiger partial charge in [0.25, 0.3) is 5.91 Å². The molecule has 0 aliphatic heterocycles. The largest absolute Gasteiger partial charge is 0.351 e. The van der Waals surface area contributed by atoms with E-state index in [0.29, 0.717) is 0 Å². The molecule has 1 rings (SSSR count). The molecule has 0 bridgehead atoms. The standard InChI is InChI=1S/C12H17Br2NOS2/c1-17-7-5-3-2-4-6-15-12(16)10-8-9(13)11(14)18-10/h8H,2-7H2,1H3,(H,15,16). The third-order valence-electron chi connectivity index (χ3n) is 2.43. The van der Waals surface area contributed by atoms with Crippen molar-refractivity contribution in [2.24, 2.45) is 0 Å². The Hall–Kier alpha value is 0.480. The average Bonchev–Trinajstić information content (AvgIpc) is 2.68. The molecule has 1 aromatic heterocycles. The number of carbonyl (C=O) groups is 1. The molecular weight excluding hydrogens is 398 g/mol. The summed E-state index contributed by atoms with van der Waals surface area (Å²) < 4.78 is 1.90. The molecule has 0 atom stereocenters. The maximum absolute atomic E-state index is 11.8. The summed E-state index contributed by atoms with van der Waals surface area (Å²) in [6.07, 6.45) is 6.93. The van der Waals surface area contributed by atoms with Gasteiger partial charge in [0.2, 0.25) is 0 Å². The molecule has 0 saturated carbocycles. The van der Waals surface area contributed by atoms with Gasteiger partial charge in [-0.1, -0.05) is 12.8 Å². The van der Waals surface area contributed by atoms with Gasteiger partial charge in [-0.2, -0.15) is 11.8 Å². The first-order valence-electron chi connectivity index (χ1n) is 5.87. The normalized spacial score (nSPS) is 10.6. The van der Waals surface area contributed by atoms with Crippen LogP contribution in [-0.2, 0) is 0 Å². The fourth-order valence-corrected chi connectivity index (χ4v) is 3.92. The van der Waals surface area contributed by atoms with Crippen LogP contribution in [0.15, 0.2) is 14.3 Å². The summed E-state index contributed by atoms with van der Waals surface area (Å²) in [4.78, 5) is 12.5. The van der Waals surface area contributed by atoms with Gasteiger partial charge in [0.05, 0.1) is 8.66 Å². The summed E-state index contributed by atoms with van der Waals surface area (Å²) in [7, 11) is 0. The van der Waals surface area contributed by atoms with Gasteiger partial charge >= 0.3 is 0 Å². The summed E-state index contributed by atoms with van der Waals surface area (Å²) in [6, 6.07) is 1.85. The quantitative estimate of drug-likeness (QED) is 0.611. The van der Waals surface area contributed by atoms with Crippen LogP contribution in [0.25, 0.3) is 0 Å². The zero-order valence-electron chi connectivity index (χ0n) is 10.3. The third kappa shape index (κ3) is 6.08. The summed E-state index contributed by atoms with van der Waals surface area (Å²) >= 11 is 10.1. The van der Waals surface area contributed by atoms with E-state index in [0.717, 1.165) is 26.1 Å². The number of thiophene rings is 1. The van der Waals surface area contributed by atoms with Crippen molar-refractivity contribution in [1.29, 1.82) is 0 Å². The average molecular weight is 415 g/mol. The number of thioether (sulfide) groups is 1. The molecule has 0 saturated heterocycles. The minimum Gasteiger partial charge on any atom is -0.351 e. The van der Waals surface area contributed by atoms with E-state index in [1.54, 1.807) is 0 Å². The first kappa shape index (κ1) is 16.5. The van der Waals surface area contributed by atoms with E-state index in [4.69, 9.17) is 0 Å². The second kappa shape index (κ2) is 9.39. The predicted octanol–water partition coefficient (Wildman–Crippen LogP) is 4.93. The Morgan fingerprint density at radius 2 is 2.06 bits per heavy atom. The second-order valence-corrected chi connectivity index (χ2v) is 8.11. The fraction of sp³-hybridized carbons (Fsp3) is 0.583. The van der Waals surface area contributed by atoms with E-state index in [-0.39, 0.29) is 5.91 Å². The van der Waals surface area contributed by atoms with E-state index < -0.39 is 0 Å². The zero-order chi connectivity index (χ0) is 13.4. The summed E-state index contributed by atoms with van der Waals surface area (Å²) in [5.74, 6) is 1.26. The number of unbranched alkanes of at least 4 members (excludes halogenated alkanes) is 3. The molecule has 0 radical (unpaired) electrons. The van der Waals surface area contributed by atoms with Crippen molar-refractivity contribution in [3.05, 3.63) is 19.2 Å². The molecule has 0 aliphatic rings. The fourth-order valence-electron chi connectivity index (χ4n) is 1.47. The topological polar surface area (TPSA) is 29.1 Å². The molecule has 1 N–H and O–H groups in total. The van der Waals surface area contributed by atoms with Crippen molar-refractivity contribution in [3.63, 3.8) is 0 Å². The predicted molar refractivity (Wildman–Crippen MR) is 88.9 cm³/mol. The number of nitrogens with one attached hydrogen (secondary N) is 1.